The molecule has 0 unspecified atom stereocenters. The summed E-state index contributed by atoms with van der Waals surface area (Å²) in [5, 5.41) is 7.03. The number of nitrogens with one attached hydrogen (secondary N) is 2. The van der Waals surface area contributed by atoms with Crippen LogP contribution >= 0.6 is 0 Å². The Morgan fingerprint density at radius 3 is 2.44 bits per heavy atom. The molecule has 5 rings (SSSR count). The Balaban J connectivity index is 1.52. The molecule has 6 nitrogen and oxygen atoms in total. The molecule has 32 heavy (non-hydrogen) atoms. The minimum atomic E-state index is -0.712. The number of aryl methyl sites for hydroxylation is 1. The molecule has 0 bridgehead atoms. The summed E-state index contributed by atoms with van der Waals surface area (Å²) in [6.07, 6.45) is 4.10. The van der Waals surface area contributed by atoms with Crippen LogP contribution in [0.3, 0.4) is 0 Å². The van der Waals surface area contributed by atoms with Gasteiger partial charge in [0.2, 0.25) is 11.8 Å². The van der Waals surface area contributed by atoms with E-state index in [0.29, 0.717) is 6.42 Å². The van der Waals surface area contributed by atoms with Gasteiger partial charge in [-0.2, -0.15) is 0 Å². The Labute approximate surface area is 186 Å². The van der Waals surface area contributed by atoms with Crippen LogP contribution in [0.5, 0.6) is 0 Å². The molecular formula is C26H24N4O2. The first-order valence-electron chi connectivity index (χ1n) is 10.7. The fraction of sp³-hybridized carbons (Fsp3) is 0.192. The fourth-order valence-electron chi connectivity index (χ4n) is 4.59. The molecule has 3 heterocycles. The molecule has 6 heteroatoms. The van der Waals surface area contributed by atoms with Crippen molar-refractivity contribution >= 4 is 22.7 Å². The van der Waals surface area contributed by atoms with E-state index >= 15 is 0 Å². The number of carbonyl (C=O) groups excluding carboxylic acids is 2. The summed E-state index contributed by atoms with van der Waals surface area (Å²) in [5.74, 6) is -0.698. The first-order valence-corrected chi connectivity index (χ1v) is 10.7. The van der Waals surface area contributed by atoms with E-state index in [1.54, 1.807) is 6.20 Å². The van der Waals surface area contributed by atoms with Gasteiger partial charge in [0.25, 0.3) is 0 Å². The molecule has 2 aromatic carbocycles. The van der Waals surface area contributed by atoms with Crippen LogP contribution in [0.25, 0.3) is 10.9 Å². The maximum Gasteiger partial charge on any atom is 0.244 e. The van der Waals surface area contributed by atoms with Gasteiger partial charge < -0.3 is 15.2 Å². The number of para-hydroxylation sites is 1. The van der Waals surface area contributed by atoms with Crippen LogP contribution in [0, 0.1) is 0 Å². The van der Waals surface area contributed by atoms with E-state index in [2.05, 4.69) is 38.5 Å². The average Bonchev–Trinajstić information content (AvgIpc) is 3.15. The summed E-state index contributed by atoms with van der Waals surface area (Å²) >= 11 is 0. The molecule has 1 aliphatic rings. The van der Waals surface area contributed by atoms with Gasteiger partial charge in [-0.1, -0.05) is 54.6 Å². The maximum atomic E-state index is 13.3. The molecule has 160 valence electrons. The van der Waals surface area contributed by atoms with E-state index < -0.39 is 12.1 Å². The first-order chi connectivity index (χ1) is 15.6. The molecule has 2 N–H and O–H groups in total. The number of piperazine rings is 1. The van der Waals surface area contributed by atoms with Gasteiger partial charge in [-0.3, -0.25) is 14.6 Å². The molecule has 0 aliphatic carbocycles. The van der Waals surface area contributed by atoms with Crippen molar-refractivity contribution in [3.05, 3.63) is 102 Å². The number of fused-ring (bicyclic) bond motifs is 1. The van der Waals surface area contributed by atoms with Gasteiger partial charge in [-0.15, -0.1) is 0 Å². The van der Waals surface area contributed by atoms with E-state index in [-0.39, 0.29) is 17.7 Å². The number of benzene rings is 2. The molecule has 0 spiro atoms. The van der Waals surface area contributed by atoms with Crippen molar-refractivity contribution in [1.82, 2.24) is 20.2 Å². The fourth-order valence-corrected chi connectivity index (χ4v) is 4.59. The minimum absolute atomic E-state index is 0.188. The standard InChI is InChI=1S/C26H24N4O2/c1-30-16-20(19-12-5-6-13-22(19)30)23(17-9-3-2-4-10-17)24-26(32)28-21(25(31)29-24)15-18-11-7-8-14-27-18/h2-14,16,21,23-24H,15H2,1H3,(H,28,32)(H,29,31)/t21-,23-,24-/m1/s1. The minimum Gasteiger partial charge on any atom is -0.350 e. The van der Waals surface area contributed by atoms with Crippen LogP contribution < -0.4 is 10.6 Å². The van der Waals surface area contributed by atoms with Crippen LogP contribution in [-0.2, 0) is 23.1 Å². The van der Waals surface area contributed by atoms with E-state index in [0.717, 1.165) is 27.7 Å². The number of hydrogen-bond acceptors (Lipinski definition) is 3. The van der Waals surface area contributed by atoms with Gasteiger partial charge in [0, 0.05) is 48.4 Å². The highest BCUT2D eigenvalue weighted by Crippen LogP contribution is 2.35. The van der Waals surface area contributed by atoms with Crippen molar-refractivity contribution in [2.45, 2.75) is 24.4 Å². The van der Waals surface area contributed by atoms with Crippen molar-refractivity contribution in [1.29, 1.82) is 0 Å². The smallest absolute Gasteiger partial charge is 0.244 e. The first kappa shape index (κ1) is 20.0. The Kier molecular flexibility index (Phi) is 5.19. The Morgan fingerprint density at radius 2 is 1.66 bits per heavy atom. The lowest BCUT2D eigenvalue weighted by atomic mass is 9.83. The molecule has 2 aromatic heterocycles. The van der Waals surface area contributed by atoms with Crippen LogP contribution in [0.4, 0.5) is 0 Å². The van der Waals surface area contributed by atoms with Crippen LogP contribution in [-0.4, -0.2) is 33.4 Å². The quantitative estimate of drug-likeness (QED) is 0.517. The molecule has 1 aliphatic heterocycles. The highest BCUT2D eigenvalue weighted by molar-refractivity contribution is 5.98. The molecule has 2 amide bonds. The second-order valence-electron chi connectivity index (χ2n) is 8.17. The summed E-state index contributed by atoms with van der Waals surface area (Å²) in [5.41, 5.74) is 3.84. The van der Waals surface area contributed by atoms with Gasteiger partial charge in [0.1, 0.15) is 12.1 Å². The van der Waals surface area contributed by atoms with E-state index in [4.69, 9.17) is 0 Å². The molecule has 0 radical (unpaired) electrons. The van der Waals surface area contributed by atoms with Gasteiger partial charge in [-0.25, -0.2) is 0 Å². The predicted octanol–water partition coefficient (Wildman–Crippen LogP) is 2.93. The maximum absolute atomic E-state index is 13.3. The molecule has 3 atom stereocenters. The average molecular weight is 425 g/mol. The van der Waals surface area contributed by atoms with Crippen LogP contribution in [0.2, 0.25) is 0 Å². The van der Waals surface area contributed by atoms with Crippen molar-refractivity contribution in [2.24, 2.45) is 7.05 Å². The molecule has 1 saturated heterocycles. The molecular weight excluding hydrogens is 400 g/mol. The molecule has 4 aromatic rings. The van der Waals surface area contributed by atoms with Crippen molar-refractivity contribution in [3.63, 3.8) is 0 Å². The SMILES string of the molecule is Cn1cc([C@@H](c2ccccc2)[C@H]2NC(=O)[C@@H](Cc3ccccn3)NC2=O)c2ccccc21. The van der Waals surface area contributed by atoms with Crippen LogP contribution in [0.15, 0.2) is 85.2 Å². The van der Waals surface area contributed by atoms with E-state index in [1.807, 2.05) is 67.7 Å². The predicted molar refractivity (Wildman–Crippen MR) is 123 cm³/mol. The zero-order chi connectivity index (χ0) is 22.1. The van der Waals surface area contributed by atoms with Gasteiger partial charge in [0.15, 0.2) is 0 Å². The summed E-state index contributed by atoms with van der Waals surface area (Å²) < 4.78 is 2.06. The lowest BCUT2D eigenvalue weighted by molar-refractivity contribution is -0.137. The zero-order valence-electron chi connectivity index (χ0n) is 17.7. The number of pyridine rings is 1. The van der Waals surface area contributed by atoms with Gasteiger partial charge in [-0.05, 0) is 29.3 Å². The lowest BCUT2D eigenvalue weighted by Crippen LogP contribution is -2.64. The van der Waals surface area contributed by atoms with Gasteiger partial charge >= 0.3 is 0 Å². The third-order valence-electron chi connectivity index (χ3n) is 6.11. The number of nitrogens with zero attached hydrogens (tertiary/aromatic N) is 2. The van der Waals surface area contributed by atoms with Gasteiger partial charge in [0.05, 0.1) is 0 Å². The number of amides is 2. The summed E-state index contributed by atoms with van der Waals surface area (Å²) in [6.45, 7) is 0. The van der Waals surface area contributed by atoms with E-state index in [1.165, 1.54) is 0 Å². The Morgan fingerprint density at radius 1 is 0.906 bits per heavy atom. The monoisotopic (exact) mass is 424 g/mol. The Hall–Kier alpha value is -3.93. The lowest BCUT2D eigenvalue weighted by Gasteiger charge is -2.34. The third kappa shape index (κ3) is 3.64. The van der Waals surface area contributed by atoms with Crippen LogP contribution in [0.1, 0.15) is 22.7 Å². The summed E-state index contributed by atoms with van der Waals surface area (Å²) in [6, 6.07) is 22.2. The largest absolute Gasteiger partial charge is 0.350 e. The number of carbonyl (C=O) groups is 2. The molecule has 0 saturated carbocycles. The highest BCUT2D eigenvalue weighted by Gasteiger charge is 2.40. The topological polar surface area (TPSA) is 76.0 Å². The van der Waals surface area contributed by atoms with Crippen molar-refractivity contribution in [2.75, 3.05) is 0 Å². The number of hydrogen-bond donors (Lipinski definition) is 2. The van der Waals surface area contributed by atoms with E-state index in [9.17, 15) is 9.59 Å². The third-order valence-corrected chi connectivity index (χ3v) is 6.11. The second kappa shape index (κ2) is 8.30. The second-order valence-corrected chi connectivity index (χ2v) is 8.17. The summed E-state index contributed by atoms with van der Waals surface area (Å²) in [7, 11) is 2.00. The zero-order valence-corrected chi connectivity index (χ0v) is 17.7. The normalized spacial score (nSPS) is 19.4. The van der Waals surface area contributed by atoms with Crippen molar-refractivity contribution in [3.8, 4) is 0 Å². The number of rotatable bonds is 5. The number of aromatic nitrogens is 2. The molecule has 1 fully saturated rings. The highest BCUT2D eigenvalue weighted by atomic mass is 16.2. The summed E-state index contributed by atoms with van der Waals surface area (Å²) in [4.78, 5) is 30.6. The Bertz CT molecular complexity index is 1270. The van der Waals surface area contributed by atoms with Crippen molar-refractivity contribution < 1.29 is 9.59 Å².